The minimum absolute atomic E-state index is 0.308. The van der Waals surface area contributed by atoms with Crippen molar-refractivity contribution in [2.45, 2.75) is 0 Å². The van der Waals surface area contributed by atoms with E-state index in [1.54, 1.807) is 33.5 Å². The van der Waals surface area contributed by atoms with Gasteiger partial charge in [0, 0.05) is 22.3 Å². The molecule has 0 fully saturated rings. The number of ether oxygens (including phenoxy) is 3. The second kappa shape index (κ2) is 8.48. The van der Waals surface area contributed by atoms with Gasteiger partial charge in [-0.1, -0.05) is 17.7 Å². The first kappa shape index (κ1) is 20.8. The van der Waals surface area contributed by atoms with Gasteiger partial charge in [0.25, 0.3) is 5.89 Å². The quantitative estimate of drug-likeness (QED) is 0.334. The number of imidazole rings is 1. The van der Waals surface area contributed by atoms with Crippen molar-refractivity contribution in [1.29, 1.82) is 0 Å². The third-order valence-electron chi connectivity index (χ3n) is 5.19. The fraction of sp³-hybridized carbons (Fsp3) is 0.125. The number of hydrogen-bond donors (Lipinski definition) is 0. The second-order valence-corrected chi connectivity index (χ2v) is 7.51. The number of benzene rings is 2. The van der Waals surface area contributed by atoms with Crippen LogP contribution in [-0.2, 0) is 0 Å². The van der Waals surface area contributed by atoms with Crippen LogP contribution >= 0.6 is 11.6 Å². The fourth-order valence-electron chi connectivity index (χ4n) is 3.64. The van der Waals surface area contributed by atoms with E-state index in [0.29, 0.717) is 45.6 Å². The summed E-state index contributed by atoms with van der Waals surface area (Å²) < 4.78 is 24.4. The highest BCUT2D eigenvalue weighted by Gasteiger charge is 2.22. The summed E-state index contributed by atoms with van der Waals surface area (Å²) in [4.78, 5) is 4.85. The van der Waals surface area contributed by atoms with Crippen LogP contribution in [0.15, 0.2) is 65.2 Å². The maximum absolute atomic E-state index is 5.98. The summed E-state index contributed by atoms with van der Waals surface area (Å²) in [5.74, 6) is 2.92. The summed E-state index contributed by atoms with van der Waals surface area (Å²) in [5.41, 5.74) is 2.92. The summed E-state index contributed by atoms with van der Waals surface area (Å²) in [6, 6.07) is 16.7. The molecule has 33 heavy (non-hydrogen) atoms. The molecule has 8 nitrogen and oxygen atoms in total. The van der Waals surface area contributed by atoms with Gasteiger partial charge in [0.15, 0.2) is 17.2 Å². The van der Waals surface area contributed by atoms with Crippen LogP contribution in [0.5, 0.6) is 17.2 Å². The number of pyridine rings is 1. The van der Waals surface area contributed by atoms with E-state index < -0.39 is 0 Å². The summed E-state index contributed by atoms with van der Waals surface area (Å²) in [6.07, 6.45) is 1.92. The monoisotopic (exact) mass is 462 g/mol. The fourth-order valence-corrected chi connectivity index (χ4v) is 3.76. The molecular formula is C24H19ClN4O4. The number of methoxy groups -OCH3 is 3. The molecule has 0 aliphatic rings. The molecule has 2 aromatic carbocycles. The molecule has 0 spiro atoms. The Balaban J connectivity index is 1.66. The number of fused-ring (bicyclic) bond motifs is 1. The zero-order chi connectivity index (χ0) is 22.9. The smallest absolute Gasteiger partial charge is 0.268 e. The topological polar surface area (TPSA) is 83.9 Å². The van der Waals surface area contributed by atoms with Gasteiger partial charge in [-0.15, -0.1) is 10.2 Å². The molecule has 0 saturated heterocycles. The van der Waals surface area contributed by atoms with E-state index in [4.69, 9.17) is 35.2 Å². The SMILES string of the molecule is COc1cc(-c2nc(-c3nnc(-c4ccc(Cl)cc4)o3)c3ccccn23)cc(OC)c1OC. The van der Waals surface area contributed by atoms with Gasteiger partial charge in [-0.25, -0.2) is 4.98 Å². The minimum atomic E-state index is 0.308. The first-order valence-corrected chi connectivity index (χ1v) is 10.4. The Morgan fingerprint density at radius 2 is 1.52 bits per heavy atom. The van der Waals surface area contributed by atoms with Gasteiger partial charge in [-0.3, -0.25) is 4.40 Å². The largest absolute Gasteiger partial charge is 0.493 e. The standard InChI is InChI=1S/C24H19ClN4O4/c1-30-18-12-15(13-19(31-2)21(18)32-3)22-26-20(17-6-4-5-11-29(17)22)24-28-27-23(33-24)14-7-9-16(25)10-8-14/h4-13H,1-3H3. The molecule has 3 aromatic heterocycles. The Bertz CT molecular complexity index is 1420. The molecule has 0 amide bonds. The average molecular weight is 463 g/mol. The van der Waals surface area contributed by atoms with Gasteiger partial charge in [0.2, 0.25) is 11.6 Å². The molecule has 0 atom stereocenters. The van der Waals surface area contributed by atoms with Crippen molar-refractivity contribution in [2.24, 2.45) is 0 Å². The van der Waals surface area contributed by atoms with Crippen molar-refractivity contribution in [2.75, 3.05) is 21.3 Å². The number of hydrogen-bond acceptors (Lipinski definition) is 7. The first-order chi connectivity index (χ1) is 16.1. The molecule has 0 unspecified atom stereocenters. The highest BCUT2D eigenvalue weighted by Crippen LogP contribution is 2.42. The summed E-state index contributed by atoms with van der Waals surface area (Å²) in [5, 5.41) is 9.07. The van der Waals surface area contributed by atoms with E-state index in [-0.39, 0.29) is 0 Å². The second-order valence-electron chi connectivity index (χ2n) is 7.07. The van der Waals surface area contributed by atoms with Crippen LogP contribution in [-0.4, -0.2) is 40.9 Å². The highest BCUT2D eigenvalue weighted by molar-refractivity contribution is 6.30. The number of rotatable bonds is 6. The van der Waals surface area contributed by atoms with Crippen molar-refractivity contribution in [3.63, 3.8) is 0 Å². The lowest BCUT2D eigenvalue weighted by molar-refractivity contribution is 0.324. The summed E-state index contributed by atoms with van der Waals surface area (Å²) >= 11 is 5.98. The molecule has 5 rings (SSSR count). The molecule has 0 saturated carbocycles. The van der Waals surface area contributed by atoms with Crippen molar-refractivity contribution < 1.29 is 18.6 Å². The van der Waals surface area contributed by atoms with Crippen molar-refractivity contribution in [3.05, 3.63) is 65.8 Å². The van der Waals surface area contributed by atoms with Gasteiger partial charge in [0.1, 0.15) is 5.82 Å². The molecule has 0 N–H and O–H groups in total. The van der Waals surface area contributed by atoms with Crippen LogP contribution in [0.3, 0.4) is 0 Å². The van der Waals surface area contributed by atoms with Crippen LogP contribution in [0.25, 0.3) is 39.9 Å². The zero-order valence-corrected chi connectivity index (χ0v) is 18.8. The van der Waals surface area contributed by atoms with Gasteiger partial charge < -0.3 is 18.6 Å². The molecule has 9 heteroatoms. The lowest BCUT2D eigenvalue weighted by Gasteiger charge is -2.13. The van der Waals surface area contributed by atoms with Gasteiger partial charge >= 0.3 is 0 Å². The van der Waals surface area contributed by atoms with E-state index in [2.05, 4.69) is 10.2 Å². The normalized spacial score (nSPS) is 11.0. The van der Waals surface area contributed by atoms with E-state index in [0.717, 1.165) is 16.6 Å². The zero-order valence-electron chi connectivity index (χ0n) is 18.1. The third-order valence-corrected chi connectivity index (χ3v) is 5.44. The number of aromatic nitrogens is 4. The number of halogens is 1. The third kappa shape index (κ3) is 3.64. The summed E-state index contributed by atoms with van der Waals surface area (Å²) in [6.45, 7) is 0. The molecule has 0 aliphatic carbocycles. The average Bonchev–Trinajstić information content (AvgIpc) is 3.49. The Morgan fingerprint density at radius 1 is 0.818 bits per heavy atom. The molecule has 166 valence electrons. The Morgan fingerprint density at radius 3 is 2.18 bits per heavy atom. The summed E-state index contributed by atoms with van der Waals surface area (Å²) in [7, 11) is 4.72. The van der Waals surface area contributed by atoms with Crippen LogP contribution in [0, 0.1) is 0 Å². The molecule has 0 bridgehead atoms. The van der Waals surface area contributed by atoms with Crippen LogP contribution in [0.4, 0.5) is 0 Å². The lowest BCUT2D eigenvalue weighted by Crippen LogP contribution is -1.97. The van der Waals surface area contributed by atoms with Crippen LogP contribution in [0.2, 0.25) is 5.02 Å². The van der Waals surface area contributed by atoms with Crippen LogP contribution in [0.1, 0.15) is 0 Å². The van der Waals surface area contributed by atoms with E-state index in [1.807, 2.05) is 53.1 Å². The van der Waals surface area contributed by atoms with Crippen molar-refractivity contribution in [1.82, 2.24) is 19.6 Å². The van der Waals surface area contributed by atoms with Crippen molar-refractivity contribution in [3.8, 4) is 51.7 Å². The molecular weight excluding hydrogens is 444 g/mol. The number of nitrogens with zero attached hydrogens (tertiary/aromatic N) is 4. The molecule has 0 radical (unpaired) electrons. The van der Waals surface area contributed by atoms with Gasteiger partial charge in [-0.05, 0) is 48.5 Å². The van der Waals surface area contributed by atoms with Crippen molar-refractivity contribution >= 4 is 17.1 Å². The highest BCUT2D eigenvalue weighted by atomic mass is 35.5. The minimum Gasteiger partial charge on any atom is -0.493 e. The Labute approximate surface area is 194 Å². The van der Waals surface area contributed by atoms with Crippen LogP contribution < -0.4 is 14.2 Å². The maximum Gasteiger partial charge on any atom is 0.268 e. The lowest BCUT2D eigenvalue weighted by atomic mass is 10.1. The van der Waals surface area contributed by atoms with E-state index in [1.165, 1.54) is 0 Å². The molecule has 3 heterocycles. The Kier molecular flexibility index (Phi) is 5.35. The van der Waals surface area contributed by atoms with E-state index in [9.17, 15) is 0 Å². The Hall–Kier alpha value is -4.04. The van der Waals surface area contributed by atoms with Gasteiger partial charge in [-0.2, -0.15) is 0 Å². The van der Waals surface area contributed by atoms with E-state index >= 15 is 0 Å². The molecule has 5 aromatic rings. The first-order valence-electron chi connectivity index (χ1n) is 10.00. The predicted octanol–water partition coefficient (Wildman–Crippen LogP) is 5.40. The molecule has 0 aliphatic heterocycles. The maximum atomic E-state index is 5.98. The van der Waals surface area contributed by atoms with Gasteiger partial charge in [0.05, 0.1) is 26.8 Å². The predicted molar refractivity (Wildman–Crippen MR) is 124 cm³/mol.